The van der Waals surface area contributed by atoms with E-state index in [1.807, 2.05) is 36.4 Å². The molecule has 0 aliphatic rings. The van der Waals surface area contributed by atoms with Gasteiger partial charge in [-0.3, -0.25) is 0 Å². The molecule has 0 aliphatic heterocycles. The summed E-state index contributed by atoms with van der Waals surface area (Å²) in [5.74, 6) is 1.67. The van der Waals surface area contributed by atoms with Crippen molar-refractivity contribution in [1.82, 2.24) is 0 Å². The lowest BCUT2D eigenvalue weighted by Crippen LogP contribution is -2.01. The third kappa shape index (κ3) is 3.52. The summed E-state index contributed by atoms with van der Waals surface area (Å²) in [5.41, 5.74) is 1.24. The highest BCUT2D eigenvalue weighted by molar-refractivity contribution is 5.27. The SMILES string of the molecule is COc1ccc(CCOc2[c]cccc2)cc1. The van der Waals surface area contributed by atoms with E-state index in [-0.39, 0.29) is 0 Å². The zero-order valence-electron chi connectivity index (χ0n) is 9.85. The molecule has 2 rings (SSSR count). The van der Waals surface area contributed by atoms with E-state index in [4.69, 9.17) is 9.47 Å². The second kappa shape index (κ2) is 5.94. The summed E-state index contributed by atoms with van der Waals surface area (Å²) in [5, 5.41) is 0. The molecule has 0 aliphatic carbocycles. The van der Waals surface area contributed by atoms with Gasteiger partial charge in [0, 0.05) is 12.5 Å². The molecule has 0 amide bonds. The second-order valence-electron chi connectivity index (χ2n) is 3.67. The maximum atomic E-state index is 5.58. The highest BCUT2D eigenvalue weighted by Crippen LogP contribution is 2.12. The summed E-state index contributed by atoms with van der Waals surface area (Å²) in [6.07, 6.45) is 0.882. The van der Waals surface area contributed by atoms with Crippen molar-refractivity contribution in [1.29, 1.82) is 0 Å². The van der Waals surface area contributed by atoms with Crippen molar-refractivity contribution >= 4 is 0 Å². The summed E-state index contributed by atoms with van der Waals surface area (Å²) < 4.78 is 10.7. The van der Waals surface area contributed by atoms with Gasteiger partial charge in [-0.25, -0.2) is 0 Å². The predicted molar refractivity (Wildman–Crippen MR) is 67.5 cm³/mol. The minimum atomic E-state index is 0.660. The number of rotatable bonds is 5. The van der Waals surface area contributed by atoms with E-state index >= 15 is 0 Å². The standard InChI is InChI=1S/C15H15O2/c1-16-14-9-7-13(8-10-14)11-12-17-15-5-3-2-4-6-15/h2-5,7-10H,11-12H2,1H3. The molecular weight excluding hydrogens is 212 g/mol. The molecule has 0 aromatic heterocycles. The van der Waals surface area contributed by atoms with Crippen LogP contribution in [0.25, 0.3) is 0 Å². The molecule has 17 heavy (non-hydrogen) atoms. The van der Waals surface area contributed by atoms with Crippen molar-refractivity contribution in [3.63, 3.8) is 0 Å². The average Bonchev–Trinajstić information content (AvgIpc) is 2.41. The van der Waals surface area contributed by atoms with Crippen LogP contribution in [-0.2, 0) is 6.42 Å². The molecule has 0 unspecified atom stereocenters. The average molecular weight is 227 g/mol. The largest absolute Gasteiger partial charge is 0.497 e. The van der Waals surface area contributed by atoms with Crippen molar-refractivity contribution in [3.05, 3.63) is 60.2 Å². The first-order valence-electron chi connectivity index (χ1n) is 5.61. The van der Waals surface area contributed by atoms with E-state index in [0.717, 1.165) is 17.9 Å². The summed E-state index contributed by atoms with van der Waals surface area (Å²) in [4.78, 5) is 0. The molecular formula is C15H15O2. The van der Waals surface area contributed by atoms with Crippen molar-refractivity contribution in [2.24, 2.45) is 0 Å². The maximum absolute atomic E-state index is 5.58. The lowest BCUT2D eigenvalue weighted by Gasteiger charge is -2.06. The molecule has 2 aromatic carbocycles. The zero-order chi connectivity index (χ0) is 11.9. The van der Waals surface area contributed by atoms with Crippen LogP contribution in [-0.4, -0.2) is 13.7 Å². The van der Waals surface area contributed by atoms with Gasteiger partial charge in [-0.05, 0) is 23.8 Å². The molecule has 2 nitrogen and oxygen atoms in total. The Bertz CT molecular complexity index is 434. The number of para-hydroxylation sites is 1. The molecule has 0 N–H and O–H groups in total. The Hall–Kier alpha value is -1.96. The number of hydrogen-bond donors (Lipinski definition) is 0. The molecule has 0 spiro atoms. The Labute approximate surface area is 102 Å². The molecule has 87 valence electrons. The predicted octanol–water partition coefficient (Wildman–Crippen LogP) is 3.12. The highest BCUT2D eigenvalue weighted by atomic mass is 16.5. The fraction of sp³-hybridized carbons (Fsp3) is 0.200. The molecule has 2 aromatic rings. The van der Waals surface area contributed by atoms with Gasteiger partial charge in [0.2, 0.25) is 0 Å². The smallest absolute Gasteiger partial charge is 0.127 e. The van der Waals surface area contributed by atoms with Crippen LogP contribution in [0.1, 0.15) is 5.56 Å². The van der Waals surface area contributed by atoms with Gasteiger partial charge in [0.25, 0.3) is 0 Å². The van der Waals surface area contributed by atoms with Crippen LogP contribution in [0.3, 0.4) is 0 Å². The Morgan fingerprint density at radius 3 is 2.53 bits per heavy atom. The van der Waals surface area contributed by atoms with Gasteiger partial charge in [-0.15, -0.1) is 0 Å². The van der Waals surface area contributed by atoms with E-state index in [1.54, 1.807) is 7.11 Å². The normalized spacial score (nSPS) is 9.94. The Kier molecular flexibility index (Phi) is 4.03. The Balaban J connectivity index is 1.82. The van der Waals surface area contributed by atoms with Crippen molar-refractivity contribution < 1.29 is 9.47 Å². The summed E-state index contributed by atoms with van der Waals surface area (Å²) >= 11 is 0. The second-order valence-corrected chi connectivity index (χ2v) is 3.67. The van der Waals surface area contributed by atoms with E-state index in [9.17, 15) is 0 Å². The molecule has 0 fully saturated rings. The van der Waals surface area contributed by atoms with Gasteiger partial charge in [0.05, 0.1) is 13.7 Å². The first kappa shape index (κ1) is 11.5. The Morgan fingerprint density at radius 1 is 1.06 bits per heavy atom. The molecule has 0 bridgehead atoms. The lowest BCUT2D eigenvalue weighted by atomic mass is 10.1. The zero-order valence-corrected chi connectivity index (χ0v) is 9.85. The molecule has 0 saturated heterocycles. The van der Waals surface area contributed by atoms with Crippen LogP contribution < -0.4 is 9.47 Å². The lowest BCUT2D eigenvalue weighted by molar-refractivity contribution is 0.321. The minimum Gasteiger partial charge on any atom is -0.497 e. The summed E-state index contributed by atoms with van der Waals surface area (Å²) in [6.45, 7) is 0.660. The van der Waals surface area contributed by atoms with Gasteiger partial charge in [-0.1, -0.05) is 30.3 Å². The molecule has 0 heterocycles. The van der Waals surface area contributed by atoms with E-state index < -0.39 is 0 Å². The van der Waals surface area contributed by atoms with Gasteiger partial charge >= 0.3 is 0 Å². The third-order valence-electron chi connectivity index (χ3n) is 2.49. The maximum Gasteiger partial charge on any atom is 0.127 e. The van der Waals surface area contributed by atoms with Crippen LogP contribution in [0.2, 0.25) is 0 Å². The quantitative estimate of drug-likeness (QED) is 0.781. The van der Waals surface area contributed by atoms with Crippen LogP contribution in [0.15, 0.2) is 48.5 Å². The van der Waals surface area contributed by atoms with E-state index in [1.165, 1.54) is 5.56 Å². The fourth-order valence-electron chi connectivity index (χ4n) is 1.54. The van der Waals surface area contributed by atoms with E-state index in [2.05, 4.69) is 18.2 Å². The monoisotopic (exact) mass is 227 g/mol. The van der Waals surface area contributed by atoms with Gasteiger partial charge in [0.1, 0.15) is 11.5 Å². The number of benzene rings is 2. The van der Waals surface area contributed by atoms with Crippen LogP contribution in [0, 0.1) is 6.07 Å². The van der Waals surface area contributed by atoms with E-state index in [0.29, 0.717) is 6.61 Å². The number of ether oxygens (including phenoxy) is 2. The number of methoxy groups -OCH3 is 1. The van der Waals surface area contributed by atoms with Gasteiger partial charge in [-0.2, -0.15) is 0 Å². The van der Waals surface area contributed by atoms with Crippen LogP contribution >= 0.6 is 0 Å². The van der Waals surface area contributed by atoms with Crippen LogP contribution in [0.4, 0.5) is 0 Å². The van der Waals surface area contributed by atoms with Gasteiger partial charge in [0.15, 0.2) is 0 Å². The molecule has 0 saturated carbocycles. The summed E-state index contributed by atoms with van der Waals surface area (Å²) in [6, 6.07) is 18.7. The summed E-state index contributed by atoms with van der Waals surface area (Å²) in [7, 11) is 1.67. The fourth-order valence-corrected chi connectivity index (χ4v) is 1.54. The van der Waals surface area contributed by atoms with Crippen molar-refractivity contribution in [3.8, 4) is 11.5 Å². The van der Waals surface area contributed by atoms with Gasteiger partial charge < -0.3 is 9.47 Å². The third-order valence-corrected chi connectivity index (χ3v) is 2.49. The minimum absolute atomic E-state index is 0.660. The van der Waals surface area contributed by atoms with Crippen LogP contribution in [0.5, 0.6) is 11.5 Å². The Morgan fingerprint density at radius 2 is 1.88 bits per heavy atom. The molecule has 1 radical (unpaired) electrons. The first-order valence-corrected chi connectivity index (χ1v) is 5.61. The topological polar surface area (TPSA) is 18.5 Å². The highest BCUT2D eigenvalue weighted by Gasteiger charge is 1.96. The number of hydrogen-bond acceptors (Lipinski definition) is 2. The molecule has 0 atom stereocenters. The molecule has 2 heteroatoms. The first-order chi connectivity index (χ1) is 8.38. The van der Waals surface area contributed by atoms with Crippen molar-refractivity contribution in [2.75, 3.05) is 13.7 Å². The van der Waals surface area contributed by atoms with Crippen molar-refractivity contribution in [2.45, 2.75) is 6.42 Å².